The molecule has 156 valence electrons. The average Bonchev–Trinajstić information content (AvgIpc) is 3.45. The van der Waals surface area contributed by atoms with Crippen LogP contribution in [0.25, 0.3) is 0 Å². The third-order valence-corrected chi connectivity index (χ3v) is 5.22. The molecular formula is C15H16N4O8S2. The summed E-state index contributed by atoms with van der Waals surface area (Å²) in [6.45, 7) is 0. The minimum absolute atomic E-state index is 0.102. The van der Waals surface area contributed by atoms with Gasteiger partial charge in [0.25, 0.3) is 0 Å². The van der Waals surface area contributed by atoms with Crippen LogP contribution in [-0.2, 0) is 38.1 Å². The number of rotatable bonds is 8. The Hall–Kier alpha value is -3.00. The van der Waals surface area contributed by atoms with Gasteiger partial charge in [0, 0.05) is 10.8 Å². The van der Waals surface area contributed by atoms with Crippen LogP contribution >= 0.6 is 23.1 Å². The zero-order valence-electron chi connectivity index (χ0n) is 15.7. The molecular weight excluding hydrogens is 428 g/mol. The van der Waals surface area contributed by atoms with E-state index in [0.717, 1.165) is 51.5 Å². The van der Waals surface area contributed by atoms with Gasteiger partial charge >= 0.3 is 23.9 Å². The Kier molecular flexibility index (Phi) is 7.28. The van der Waals surface area contributed by atoms with Gasteiger partial charge in [0.2, 0.25) is 5.41 Å². The van der Waals surface area contributed by atoms with Crippen LogP contribution in [0.15, 0.2) is 10.8 Å². The average molecular weight is 444 g/mol. The highest BCUT2D eigenvalue weighted by atomic mass is 32.1. The van der Waals surface area contributed by atoms with Crippen molar-refractivity contribution in [1.29, 1.82) is 0 Å². The molecule has 0 aliphatic rings. The summed E-state index contributed by atoms with van der Waals surface area (Å²) in [7, 11) is 4.07. The van der Waals surface area contributed by atoms with Crippen molar-refractivity contribution < 1.29 is 38.1 Å². The second-order valence-corrected chi connectivity index (χ2v) is 6.64. The Morgan fingerprint density at radius 1 is 0.759 bits per heavy atom. The number of hydrogen-bond acceptors (Lipinski definition) is 14. The highest BCUT2D eigenvalue weighted by molar-refractivity contribution is 7.03. The van der Waals surface area contributed by atoms with E-state index in [1.165, 1.54) is 10.8 Å². The maximum Gasteiger partial charge on any atom is 0.325 e. The summed E-state index contributed by atoms with van der Waals surface area (Å²) >= 11 is 1.72. The highest BCUT2D eigenvalue weighted by Crippen LogP contribution is 2.50. The fraction of sp³-hybridized carbons (Fsp3) is 0.467. The Morgan fingerprint density at radius 3 is 1.38 bits per heavy atom. The Labute approximate surface area is 172 Å². The first-order valence-electron chi connectivity index (χ1n) is 7.76. The summed E-state index contributed by atoms with van der Waals surface area (Å²) in [6.07, 6.45) is 0. The number of aromatic nitrogens is 4. The smallest absolute Gasteiger partial charge is 0.325 e. The molecule has 14 heteroatoms. The van der Waals surface area contributed by atoms with Crippen LogP contribution < -0.4 is 0 Å². The van der Waals surface area contributed by atoms with E-state index in [-0.39, 0.29) is 11.4 Å². The van der Waals surface area contributed by atoms with Gasteiger partial charge in [0.1, 0.15) is 11.8 Å². The van der Waals surface area contributed by atoms with Crippen molar-refractivity contribution in [3.8, 4) is 0 Å². The maximum atomic E-state index is 13.1. The van der Waals surface area contributed by atoms with Gasteiger partial charge in [-0.3, -0.25) is 19.2 Å². The lowest BCUT2D eigenvalue weighted by atomic mass is 9.64. The van der Waals surface area contributed by atoms with Crippen molar-refractivity contribution in [1.82, 2.24) is 19.2 Å². The molecule has 0 saturated carbocycles. The molecule has 2 rings (SSSR count). The zero-order valence-corrected chi connectivity index (χ0v) is 17.3. The summed E-state index contributed by atoms with van der Waals surface area (Å²) in [5, 5.41) is 10.3. The lowest BCUT2D eigenvalue weighted by Gasteiger charge is -2.36. The summed E-state index contributed by atoms with van der Waals surface area (Å²) in [5.74, 6) is -8.11. The van der Waals surface area contributed by atoms with Crippen LogP contribution in [0.3, 0.4) is 0 Å². The molecule has 29 heavy (non-hydrogen) atoms. The van der Waals surface area contributed by atoms with Crippen molar-refractivity contribution in [2.75, 3.05) is 28.4 Å². The number of hydrogen-bond donors (Lipinski definition) is 0. The number of ether oxygens (including phenoxy) is 4. The predicted molar refractivity (Wildman–Crippen MR) is 95.8 cm³/mol. The van der Waals surface area contributed by atoms with E-state index in [2.05, 4.69) is 19.2 Å². The Bertz CT molecular complexity index is 799. The van der Waals surface area contributed by atoms with Gasteiger partial charge < -0.3 is 18.9 Å². The Morgan fingerprint density at radius 2 is 1.14 bits per heavy atom. The number of nitrogens with zero attached hydrogens (tertiary/aromatic N) is 4. The lowest BCUT2D eigenvalue weighted by Crippen LogP contribution is -2.55. The lowest BCUT2D eigenvalue weighted by molar-refractivity contribution is -0.183. The molecule has 0 unspecified atom stereocenters. The van der Waals surface area contributed by atoms with Crippen LogP contribution in [0.4, 0.5) is 0 Å². The fourth-order valence-electron chi connectivity index (χ4n) is 2.97. The molecule has 0 bridgehead atoms. The van der Waals surface area contributed by atoms with Crippen LogP contribution in [0, 0.1) is 5.41 Å². The predicted octanol–water partition coefficient (Wildman–Crippen LogP) is -0.0646. The van der Waals surface area contributed by atoms with Gasteiger partial charge in [0.05, 0.1) is 39.8 Å². The van der Waals surface area contributed by atoms with Gasteiger partial charge in [-0.1, -0.05) is 8.98 Å². The third kappa shape index (κ3) is 3.80. The van der Waals surface area contributed by atoms with E-state index in [0.29, 0.717) is 0 Å². The van der Waals surface area contributed by atoms with Crippen LogP contribution in [0.5, 0.6) is 0 Å². The molecule has 0 aliphatic heterocycles. The molecule has 0 saturated heterocycles. The largest absolute Gasteiger partial charge is 0.468 e. The minimum atomic E-state index is -2.62. The third-order valence-electron chi connectivity index (χ3n) is 4.18. The van der Waals surface area contributed by atoms with Crippen LogP contribution in [0.1, 0.15) is 23.2 Å². The molecule has 2 heterocycles. The van der Waals surface area contributed by atoms with Gasteiger partial charge in [-0.2, -0.15) is 0 Å². The molecule has 0 amide bonds. The standard InChI is InChI=1S/C15H16N4O8S2/c1-24-11(20)9(7-5-28-18-16-7)15(13(22)26-3,14(23)27-4)10(12(21)25-2)8-6-29-19-17-8/h5-6,9-10H,1-4H3/t9-,10-/m0/s1. The zero-order chi connectivity index (χ0) is 21.6. The van der Waals surface area contributed by atoms with E-state index >= 15 is 0 Å². The van der Waals surface area contributed by atoms with Crippen molar-refractivity contribution in [3.63, 3.8) is 0 Å². The van der Waals surface area contributed by atoms with Crippen molar-refractivity contribution >= 4 is 46.9 Å². The highest BCUT2D eigenvalue weighted by Gasteiger charge is 2.67. The van der Waals surface area contributed by atoms with Gasteiger partial charge in [-0.15, -0.1) is 10.2 Å². The number of carbonyl (C=O) groups excluding carboxylic acids is 4. The normalized spacial score (nSPS) is 13.1. The van der Waals surface area contributed by atoms with Crippen molar-refractivity contribution in [2.45, 2.75) is 11.8 Å². The van der Waals surface area contributed by atoms with Crippen molar-refractivity contribution in [3.05, 3.63) is 22.1 Å². The van der Waals surface area contributed by atoms with E-state index in [4.69, 9.17) is 18.9 Å². The van der Waals surface area contributed by atoms with Crippen LogP contribution in [-0.4, -0.2) is 71.5 Å². The summed E-state index contributed by atoms with van der Waals surface area (Å²) in [5.41, 5.74) is -2.82. The molecule has 0 spiro atoms. The topological polar surface area (TPSA) is 157 Å². The second kappa shape index (κ2) is 9.47. The molecule has 0 aromatic carbocycles. The quantitative estimate of drug-likeness (QED) is 0.304. The molecule has 0 N–H and O–H groups in total. The number of carbonyl (C=O) groups is 4. The van der Waals surface area contributed by atoms with Crippen LogP contribution in [0.2, 0.25) is 0 Å². The molecule has 12 nitrogen and oxygen atoms in total. The summed E-state index contributed by atoms with van der Waals surface area (Å²) in [6, 6.07) is 0. The number of methoxy groups -OCH3 is 4. The monoisotopic (exact) mass is 444 g/mol. The first kappa shape index (κ1) is 22.3. The first-order valence-corrected chi connectivity index (χ1v) is 9.43. The van der Waals surface area contributed by atoms with E-state index in [9.17, 15) is 19.2 Å². The maximum absolute atomic E-state index is 13.1. The fourth-order valence-corrected chi connectivity index (χ4v) is 3.93. The van der Waals surface area contributed by atoms with Crippen molar-refractivity contribution in [2.24, 2.45) is 5.41 Å². The molecule has 2 aromatic rings. The van der Waals surface area contributed by atoms with E-state index in [1.807, 2.05) is 0 Å². The van der Waals surface area contributed by atoms with E-state index < -0.39 is 41.1 Å². The van der Waals surface area contributed by atoms with E-state index in [1.54, 1.807) is 0 Å². The minimum Gasteiger partial charge on any atom is -0.468 e. The molecule has 0 fully saturated rings. The van der Waals surface area contributed by atoms with Gasteiger partial charge in [0.15, 0.2) is 0 Å². The SMILES string of the molecule is COC(=O)[C@H](c1csnn1)C(C(=O)OC)(C(=O)OC)[C@H](C(=O)OC)c1csnn1. The van der Waals surface area contributed by atoms with Gasteiger partial charge in [-0.05, 0) is 23.1 Å². The Balaban J connectivity index is 2.96. The number of esters is 4. The summed E-state index contributed by atoms with van der Waals surface area (Å²) in [4.78, 5) is 51.8. The molecule has 0 aliphatic carbocycles. The van der Waals surface area contributed by atoms with Gasteiger partial charge in [-0.25, -0.2) is 0 Å². The summed E-state index contributed by atoms with van der Waals surface area (Å²) < 4.78 is 26.6. The second-order valence-electron chi connectivity index (χ2n) is 5.42. The first-order chi connectivity index (χ1) is 13.9. The molecule has 0 radical (unpaired) electrons. The molecule has 2 aromatic heterocycles. The molecule has 2 atom stereocenters.